The summed E-state index contributed by atoms with van der Waals surface area (Å²) in [4.78, 5) is 13.4. The fraction of sp³-hybridized carbons (Fsp3) is 0.250. The van der Waals surface area contributed by atoms with Crippen molar-refractivity contribution in [2.75, 3.05) is 10.6 Å². The van der Waals surface area contributed by atoms with Crippen molar-refractivity contribution in [1.82, 2.24) is 15.0 Å². The minimum absolute atomic E-state index is 0.592. The highest BCUT2D eigenvalue weighted by Gasteiger charge is 2.08. The molecule has 2 heterocycles. The normalized spacial score (nSPS) is 10.5. The van der Waals surface area contributed by atoms with E-state index in [1.807, 2.05) is 31.2 Å². The zero-order chi connectivity index (χ0) is 17.6. The Balaban J connectivity index is 1.80. The van der Waals surface area contributed by atoms with Gasteiger partial charge in [0.2, 0.25) is 5.95 Å². The second-order valence-electron chi connectivity index (χ2n) is 5.98. The molecule has 3 rings (SSSR count). The van der Waals surface area contributed by atoms with Gasteiger partial charge in [-0.25, -0.2) is 4.98 Å². The first kappa shape index (κ1) is 16.9. The lowest BCUT2D eigenvalue weighted by atomic mass is 10.1. The van der Waals surface area contributed by atoms with E-state index < -0.39 is 0 Å². The van der Waals surface area contributed by atoms with Crippen molar-refractivity contribution in [2.45, 2.75) is 33.7 Å². The lowest BCUT2D eigenvalue weighted by Gasteiger charge is -2.14. The SMILES string of the molecule is CCc1cccc(C)c1Nc1cc(C)nc(NCc2ccccn2)n1. The van der Waals surface area contributed by atoms with Gasteiger partial charge in [0.1, 0.15) is 5.82 Å². The molecular formula is C20H23N5. The first-order chi connectivity index (χ1) is 12.2. The van der Waals surface area contributed by atoms with Crippen LogP contribution >= 0.6 is 0 Å². The number of aromatic nitrogens is 3. The van der Waals surface area contributed by atoms with E-state index in [-0.39, 0.29) is 0 Å². The molecule has 0 aliphatic heterocycles. The van der Waals surface area contributed by atoms with Crippen LogP contribution in [0.25, 0.3) is 0 Å². The minimum Gasteiger partial charge on any atom is -0.349 e. The van der Waals surface area contributed by atoms with E-state index in [0.29, 0.717) is 12.5 Å². The summed E-state index contributed by atoms with van der Waals surface area (Å²) in [6, 6.07) is 14.1. The van der Waals surface area contributed by atoms with Crippen molar-refractivity contribution < 1.29 is 0 Å². The molecule has 5 nitrogen and oxygen atoms in total. The fourth-order valence-electron chi connectivity index (χ4n) is 2.71. The van der Waals surface area contributed by atoms with Crippen LogP contribution in [-0.2, 0) is 13.0 Å². The van der Waals surface area contributed by atoms with Gasteiger partial charge in [-0.1, -0.05) is 31.2 Å². The molecule has 0 unspecified atom stereocenters. The standard InChI is InChI=1S/C20H23N5/c1-4-16-9-7-8-14(2)19(16)24-18-12-15(3)23-20(25-18)22-13-17-10-5-6-11-21-17/h5-12H,4,13H2,1-3H3,(H2,22,23,24,25). The summed E-state index contributed by atoms with van der Waals surface area (Å²) < 4.78 is 0. The van der Waals surface area contributed by atoms with Gasteiger partial charge in [-0.05, 0) is 43.5 Å². The number of pyridine rings is 1. The van der Waals surface area contributed by atoms with E-state index in [2.05, 4.69) is 57.6 Å². The van der Waals surface area contributed by atoms with Crippen LogP contribution in [0.3, 0.4) is 0 Å². The first-order valence-corrected chi connectivity index (χ1v) is 8.50. The Morgan fingerprint density at radius 3 is 2.64 bits per heavy atom. The number of benzene rings is 1. The van der Waals surface area contributed by atoms with E-state index in [1.165, 1.54) is 11.1 Å². The lowest BCUT2D eigenvalue weighted by Crippen LogP contribution is -2.08. The number of hydrogen-bond donors (Lipinski definition) is 2. The Labute approximate surface area is 148 Å². The molecular weight excluding hydrogens is 310 g/mol. The summed E-state index contributed by atoms with van der Waals surface area (Å²) >= 11 is 0. The van der Waals surface area contributed by atoms with E-state index in [4.69, 9.17) is 0 Å². The van der Waals surface area contributed by atoms with Gasteiger partial charge in [0.25, 0.3) is 0 Å². The van der Waals surface area contributed by atoms with Crippen molar-refractivity contribution in [2.24, 2.45) is 0 Å². The molecule has 0 saturated heterocycles. The fourth-order valence-corrected chi connectivity index (χ4v) is 2.71. The number of rotatable bonds is 6. The Morgan fingerprint density at radius 2 is 1.88 bits per heavy atom. The second kappa shape index (κ2) is 7.75. The Bertz CT molecular complexity index is 846. The van der Waals surface area contributed by atoms with Crippen LogP contribution in [0.4, 0.5) is 17.5 Å². The van der Waals surface area contributed by atoms with E-state index in [9.17, 15) is 0 Å². The Hall–Kier alpha value is -2.95. The predicted molar refractivity (Wildman–Crippen MR) is 102 cm³/mol. The molecule has 2 aromatic heterocycles. The molecule has 0 atom stereocenters. The van der Waals surface area contributed by atoms with Crippen LogP contribution in [0.1, 0.15) is 29.4 Å². The molecule has 0 radical (unpaired) electrons. The quantitative estimate of drug-likeness (QED) is 0.700. The third-order valence-corrected chi connectivity index (χ3v) is 4.00. The van der Waals surface area contributed by atoms with Crippen LogP contribution in [0, 0.1) is 13.8 Å². The zero-order valence-corrected chi connectivity index (χ0v) is 14.9. The average molecular weight is 333 g/mol. The van der Waals surface area contributed by atoms with Gasteiger partial charge in [0.15, 0.2) is 0 Å². The second-order valence-corrected chi connectivity index (χ2v) is 5.98. The highest BCUT2D eigenvalue weighted by atomic mass is 15.1. The summed E-state index contributed by atoms with van der Waals surface area (Å²) in [6.07, 6.45) is 2.75. The molecule has 0 amide bonds. The van der Waals surface area contributed by atoms with Gasteiger partial charge >= 0.3 is 0 Å². The number of nitrogens with one attached hydrogen (secondary N) is 2. The lowest BCUT2D eigenvalue weighted by molar-refractivity contribution is 0.990. The van der Waals surface area contributed by atoms with Gasteiger partial charge in [-0.2, -0.15) is 4.98 Å². The summed E-state index contributed by atoms with van der Waals surface area (Å²) in [5.41, 5.74) is 5.47. The van der Waals surface area contributed by atoms with E-state index >= 15 is 0 Å². The monoisotopic (exact) mass is 333 g/mol. The number of para-hydroxylation sites is 1. The number of hydrogen-bond acceptors (Lipinski definition) is 5. The molecule has 3 aromatic rings. The molecule has 0 aliphatic carbocycles. The van der Waals surface area contributed by atoms with Crippen molar-refractivity contribution in [3.8, 4) is 0 Å². The van der Waals surface area contributed by atoms with Gasteiger partial charge in [-0.15, -0.1) is 0 Å². The van der Waals surface area contributed by atoms with E-state index in [0.717, 1.165) is 29.3 Å². The topological polar surface area (TPSA) is 62.7 Å². The first-order valence-electron chi connectivity index (χ1n) is 8.50. The van der Waals surface area contributed by atoms with Crippen LogP contribution in [0.5, 0.6) is 0 Å². The van der Waals surface area contributed by atoms with Crippen LogP contribution in [-0.4, -0.2) is 15.0 Å². The molecule has 1 aromatic carbocycles. The Morgan fingerprint density at radius 1 is 1.00 bits per heavy atom. The van der Waals surface area contributed by atoms with Gasteiger partial charge < -0.3 is 10.6 Å². The summed E-state index contributed by atoms with van der Waals surface area (Å²) in [5.74, 6) is 1.39. The van der Waals surface area contributed by atoms with Crippen molar-refractivity contribution in [3.63, 3.8) is 0 Å². The van der Waals surface area contributed by atoms with Crippen molar-refractivity contribution in [1.29, 1.82) is 0 Å². The summed E-state index contributed by atoms with van der Waals surface area (Å²) in [5, 5.41) is 6.71. The molecule has 0 bridgehead atoms. The predicted octanol–water partition coefficient (Wildman–Crippen LogP) is 4.41. The maximum atomic E-state index is 4.60. The minimum atomic E-state index is 0.592. The van der Waals surface area contributed by atoms with Crippen LogP contribution in [0.15, 0.2) is 48.7 Å². The van der Waals surface area contributed by atoms with Crippen LogP contribution in [0.2, 0.25) is 0 Å². The average Bonchev–Trinajstić information content (AvgIpc) is 2.62. The summed E-state index contributed by atoms with van der Waals surface area (Å²) in [6.45, 7) is 6.83. The molecule has 128 valence electrons. The van der Waals surface area contributed by atoms with Crippen molar-refractivity contribution in [3.05, 3.63) is 71.2 Å². The highest BCUT2D eigenvalue weighted by molar-refractivity contribution is 5.65. The third-order valence-electron chi connectivity index (χ3n) is 4.00. The summed E-state index contributed by atoms with van der Waals surface area (Å²) in [7, 11) is 0. The van der Waals surface area contributed by atoms with Gasteiger partial charge in [-0.3, -0.25) is 4.98 Å². The van der Waals surface area contributed by atoms with Crippen molar-refractivity contribution >= 4 is 17.5 Å². The number of aryl methyl sites for hydroxylation is 3. The highest BCUT2D eigenvalue weighted by Crippen LogP contribution is 2.25. The molecule has 5 heteroatoms. The molecule has 25 heavy (non-hydrogen) atoms. The third kappa shape index (κ3) is 4.32. The zero-order valence-electron chi connectivity index (χ0n) is 14.9. The molecule has 0 saturated carbocycles. The molecule has 0 fully saturated rings. The molecule has 0 spiro atoms. The number of anilines is 3. The maximum Gasteiger partial charge on any atom is 0.225 e. The smallest absolute Gasteiger partial charge is 0.225 e. The largest absolute Gasteiger partial charge is 0.349 e. The van der Waals surface area contributed by atoms with Crippen LogP contribution < -0.4 is 10.6 Å². The maximum absolute atomic E-state index is 4.60. The number of nitrogens with zero attached hydrogens (tertiary/aromatic N) is 3. The van der Waals surface area contributed by atoms with Gasteiger partial charge in [0.05, 0.1) is 12.2 Å². The Kier molecular flexibility index (Phi) is 5.23. The molecule has 2 N–H and O–H groups in total. The van der Waals surface area contributed by atoms with Gasteiger partial charge in [0, 0.05) is 23.6 Å². The molecule has 0 aliphatic rings. The van der Waals surface area contributed by atoms with E-state index in [1.54, 1.807) is 6.20 Å².